The standard InChI is InChI=1S/C20H26N6O/c21-8-10-22-13-3-5-14(6-4-13)26-18-15-7-9-23-19(15)24-11-16(18)25-17(20(26)27)12-1-2-12/h7,9,11-14,22H,1-6,8,10,21H2,(H,23,24)/t13-,14-. The Balaban J connectivity index is 1.60. The van der Waals surface area contributed by atoms with Gasteiger partial charge in [-0.2, -0.15) is 0 Å². The Labute approximate surface area is 157 Å². The molecule has 0 saturated heterocycles. The molecule has 3 aromatic rings. The first-order chi connectivity index (χ1) is 13.3. The number of nitrogens with one attached hydrogen (secondary N) is 2. The molecule has 3 aromatic heterocycles. The maximum absolute atomic E-state index is 13.4. The molecule has 2 fully saturated rings. The lowest BCUT2D eigenvalue weighted by Gasteiger charge is -2.31. The molecule has 7 heteroatoms. The van der Waals surface area contributed by atoms with Crippen molar-refractivity contribution in [2.75, 3.05) is 13.1 Å². The lowest BCUT2D eigenvalue weighted by Crippen LogP contribution is -2.38. The molecule has 27 heavy (non-hydrogen) atoms. The van der Waals surface area contributed by atoms with Crippen LogP contribution in [-0.2, 0) is 0 Å². The summed E-state index contributed by atoms with van der Waals surface area (Å²) in [6, 6.07) is 2.73. The number of rotatable bonds is 5. The first-order valence-electron chi connectivity index (χ1n) is 10.1. The fourth-order valence-electron chi connectivity index (χ4n) is 4.52. The first kappa shape index (κ1) is 16.9. The van der Waals surface area contributed by atoms with Crippen LogP contribution in [0.4, 0.5) is 0 Å². The van der Waals surface area contributed by atoms with Crippen LogP contribution in [0.15, 0.2) is 23.3 Å². The number of hydrogen-bond donors (Lipinski definition) is 3. The molecular weight excluding hydrogens is 340 g/mol. The highest BCUT2D eigenvalue weighted by Gasteiger charge is 2.32. The van der Waals surface area contributed by atoms with Gasteiger partial charge in [-0.3, -0.25) is 4.79 Å². The van der Waals surface area contributed by atoms with Gasteiger partial charge >= 0.3 is 0 Å². The summed E-state index contributed by atoms with van der Waals surface area (Å²) < 4.78 is 2.05. The van der Waals surface area contributed by atoms with Crippen LogP contribution in [0.2, 0.25) is 0 Å². The summed E-state index contributed by atoms with van der Waals surface area (Å²) >= 11 is 0. The van der Waals surface area contributed by atoms with Crippen molar-refractivity contribution in [1.29, 1.82) is 0 Å². The third-order valence-corrected chi connectivity index (χ3v) is 6.06. The summed E-state index contributed by atoms with van der Waals surface area (Å²) in [6.07, 6.45) is 9.98. The normalized spacial score (nSPS) is 23.3. The molecule has 0 aliphatic heterocycles. The van der Waals surface area contributed by atoms with E-state index in [0.717, 1.165) is 72.8 Å². The minimum Gasteiger partial charge on any atom is -0.346 e. The van der Waals surface area contributed by atoms with Crippen molar-refractivity contribution in [3.8, 4) is 0 Å². The second-order valence-corrected chi connectivity index (χ2v) is 7.93. The Hall–Kier alpha value is -2.25. The molecule has 0 unspecified atom stereocenters. The van der Waals surface area contributed by atoms with Crippen LogP contribution in [-0.4, -0.2) is 38.7 Å². The van der Waals surface area contributed by atoms with Gasteiger partial charge in [0.25, 0.3) is 5.56 Å². The smallest absolute Gasteiger partial charge is 0.273 e. The zero-order valence-electron chi connectivity index (χ0n) is 15.4. The van der Waals surface area contributed by atoms with Crippen molar-refractivity contribution < 1.29 is 0 Å². The average Bonchev–Trinajstić information content (AvgIpc) is 3.42. The molecule has 2 aliphatic carbocycles. The Bertz CT molecular complexity index is 1030. The van der Waals surface area contributed by atoms with Crippen molar-refractivity contribution in [2.24, 2.45) is 5.73 Å². The molecule has 0 aromatic carbocycles. The molecule has 7 nitrogen and oxygen atoms in total. The highest BCUT2D eigenvalue weighted by Crippen LogP contribution is 2.39. The van der Waals surface area contributed by atoms with Gasteiger partial charge in [-0.05, 0) is 44.6 Å². The van der Waals surface area contributed by atoms with Crippen LogP contribution < -0.4 is 16.6 Å². The van der Waals surface area contributed by atoms with Crippen LogP contribution in [0.1, 0.15) is 56.2 Å². The maximum atomic E-state index is 13.4. The minimum atomic E-state index is 0.108. The van der Waals surface area contributed by atoms with E-state index < -0.39 is 0 Å². The Morgan fingerprint density at radius 2 is 2.04 bits per heavy atom. The van der Waals surface area contributed by atoms with Crippen LogP contribution in [0, 0.1) is 0 Å². The molecule has 0 bridgehead atoms. The average molecular weight is 366 g/mol. The SMILES string of the molecule is NCCN[C@H]1CC[C@H](n2c(=O)c(C3CC3)nc3cnc4[nH]ccc4c32)CC1. The monoisotopic (exact) mass is 366 g/mol. The van der Waals surface area contributed by atoms with E-state index in [0.29, 0.717) is 18.5 Å². The van der Waals surface area contributed by atoms with Gasteiger partial charge in [0.05, 0.1) is 11.7 Å². The van der Waals surface area contributed by atoms with Crippen molar-refractivity contribution >= 4 is 22.1 Å². The number of pyridine rings is 1. The lowest BCUT2D eigenvalue weighted by molar-refractivity contribution is 0.293. The summed E-state index contributed by atoms with van der Waals surface area (Å²) in [5.41, 5.74) is 9.06. The Kier molecular flexibility index (Phi) is 4.21. The van der Waals surface area contributed by atoms with E-state index in [9.17, 15) is 4.79 Å². The number of fused-ring (bicyclic) bond motifs is 3. The molecule has 2 saturated carbocycles. The minimum absolute atomic E-state index is 0.108. The highest BCUT2D eigenvalue weighted by atomic mass is 16.1. The summed E-state index contributed by atoms with van der Waals surface area (Å²) in [4.78, 5) is 25.8. The summed E-state index contributed by atoms with van der Waals surface area (Å²) in [5, 5.41) is 4.51. The van der Waals surface area contributed by atoms with E-state index in [1.54, 1.807) is 0 Å². The lowest BCUT2D eigenvalue weighted by atomic mass is 9.90. The zero-order chi connectivity index (χ0) is 18.4. The van der Waals surface area contributed by atoms with E-state index in [4.69, 9.17) is 10.7 Å². The first-order valence-corrected chi connectivity index (χ1v) is 10.1. The third-order valence-electron chi connectivity index (χ3n) is 6.06. The van der Waals surface area contributed by atoms with Crippen molar-refractivity contribution in [2.45, 2.75) is 56.5 Å². The molecule has 3 heterocycles. The van der Waals surface area contributed by atoms with Gasteiger partial charge < -0.3 is 20.6 Å². The van der Waals surface area contributed by atoms with Crippen LogP contribution in [0.5, 0.6) is 0 Å². The van der Waals surface area contributed by atoms with Gasteiger partial charge in [0.1, 0.15) is 16.9 Å². The number of hydrogen-bond acceptors (Lipinski definition) is 5. The molecule has 2 aliphatic rings. The molecular formula is C20H26N6O. The largest absolute Gasteiger partial charge is 0.346 e. The molecule has 4 N–H and O–H groups in total. The summed E-state index contributed by atoms with van der Waals surface area (Å²) in [7, 11) is 0. The van der Waals surface area contributed by atoms with Crippen LogP contribution in [0.25, 0.3) is 22.1 Å². The summed E-state index contributed by atoms with van der Waals surface area (Å²) in [5.74, 6) is 0.331. The van der Waals surface area contributed by atoms with Gasteiger partial charge in [0.2, 0.25) is 0 Å². The van der Waals surface area contributed by atoms with E-state index in [1.165, 1.54) is 0 Å². The quantitative estimate of drug-likeness (QED) is 0.642. The topological polar surface area (TPSA) is 102 Å². The number of nitrogens with two attached hydrogens (primary N) is 1. The van der Waals surface area contributed by atoms with Crippen molar-refractivity contribution in [3.05, 3.63) is 34.5 Å². The van der Waals surface area contributed by atoms with E-state index in [1.807, 2.05) is 23.0 Å². The van der Waals surface area contributed by atoms with Gasteiger partial charge in [-0.15, -0.1) is 0 Å². The zero-order valence-corrected chi connectivity index (χ0v) is 15.4. The fourth-order valence-corrected chi connectivity index (χ4v) is 4.52. The van der Waals surface area contributed by atoms with Gasteiger partial charge in [0, 0.05) is 42.7 Å². The maximum Gasteiger partial charge on any atom is 0.273 e. The van der Waals surface area contributed by atoms with Crippen molar-refractivity contribution in [1.82, 2.24) is 24.8 Å². The van der Waals surface area contributed by atoms with Gasteiger partial charge in [-0.25, -0.2) is 9.97 Å². The molecule has 0 atom stereocenters. The summed E-state index contributed by atoms with van der Waals surface area (Å²) in [6.45, 7) is 1.52. The van der Waals surface area contributed by atoms with Gasteiger partial charge in [-0.1, -0.05) is 0 Å². The van der Waals surface area contributed by atoms with Crippen LogP contribution in [0.3, 0.4) is 0 Å². The molecule has 0 amide bonds. The van der Waals surface area contributed by atoms with Crippen molar-refractivity contribution in [3.63, 3.8) is 0 Å². The number of H-pyrrole nitrogens is 1. The fraction of sp³-hybridized carbons (Fsp3) is 0.550. The molecule has 5 rings (SSSR count). The van der Waals surface area contributed by atoms with Gasteiger partial charge in [0.15, 0.2) is 0 Å². The second kappa shape index (κ2) is 6.73. The molecule has 0 radical (unpaired) electrons. The predicted molar refractivity (Wildman–Crippen MR) is 106 cm³/mol. The van der Waals surface area contributed by atoms with E-state index in [-0.39, 0.29) is 11.6 Å². The Morgan fingerprint density at radius 3 is 2.78 bits per heavy atom. The number of aromatic nitrogens is 4. The number of nitrogens with zero attached hydrogens (tertiary/aromatic N) is 3. The van der Waals surface area contributed by atoms with E-state index in [2.05, 4.69) is 15.3 Å². The highest BCUT2D eigenvalue weighted by molar-refractivity contribution is 6.00. The molecule has 0 spiro atoms. The predicted octanol–water partition coefficient (Wildman–Crippen LogP) is 2.18. The second-order valence-electron chi connectivity index (χ2n) is 7.93. The van der Waals surface area contributed by atoms with E-state index >= 15 is 0 Å². The third kappa shape index (κ3) is 2.95. The van der Waals surface area contributed by atoms with Crippen LogP contribution >= 0.6 is 0 Å². The molecule has 142 valence electrons. The Morgan fingerprint density at radius 1 is 1.22 bits per heavy atom. The number of aromatic amines is 1.